The van der Waals surface area contributed by atoms with Gasteiger partial charge in [-0.2, -0.15) is 9.98 Å². The molecule has 0 aliphatic rings. The minimum Gasteiger partial charge on any atom is -0.497 e. The molecule has 0 spiro atoms. The summed E-state index contributed by atoms with van der Waals surface area (Å²) < 4.78 is 10.1. The molecule has 0 N–H and O–H groups in total. The standard InChI is InChI=1S/C16H14N2O2/c1-19-15-7-3-13(4-8-15)17-11-12-18-14-5-9-16(20-2)10-6-14/h3-10H,1-2H3. The summed E-state index contributed by atoms with van der Waals surface area (Å²) in [6.07, 6.45) is 0. The molecule has 0 aliphatic carbocycles. The zero-order valence-electron chi connectivity index (χ0n) is 11.3. The van der Waals surface area contributed by atoms with E-state index in [0.29, 0.717) is 0 Å². The van der Waals surface area contributed by atoms with Gasteiger partial charge in [-0.3, -0.25) is 0 Å². The summed E-state index contributed by atoms with van der Waals surface area (Å²) in [5.74, 6) is 6.89. The Morgan fingerprint density at radius 3 is 1.30 bits per heavy atom. The van der Waals surface area contributed by atoms with Crippen molar-refractivity contribution in [2.24, 2.45) is 9.98 Å². The first kappa shape index (κ1) is 13.6. The van der Waals surface area contributed by atoms with Crippen molar-refractivity contribution >= 4 is 23.1 Å². The van der Waals surface area contributed by atoms with E-state index < -0.39 is 0 Å². The van der Waals surface area contributed by atoms with E-state index in [4.69, 9.17) is 9.47 Å². The Bertz CT molecular complexity index is 588. The van der Waals surface area contributed by atoms with E-state index in [1.54, 1.807) is 14.2 Å². The molecule has 0 heterocycles. The molecule has 0 unspecified atom stereocenters. The number of aliphatic imine (C=N–C) groups is 2. The topological polar surface area (TPSA) is 43.2 Å². The van der Waals surface area contributed by atoms with Crippen LogP contribution in [-0.2, 0) is 0 Å². The van der Waals surface area contributed by atoms with Crippen LogP contribution in [0.5, 0.6) is 11.5 Å². The fourth-order valence-corrected chi connectivity index (χ4v) is 1.49. The van der Waals surface area contributed by atoms with Crippen LogP contribution >= 0.6 is 0 Å². The maximum absolute atomic E-state index is 5.07. The minimum absolute atomic E-state index is 0.767. The van der Waals surface area contributed by atoms with Crippen LogP contribution in [0, 0.1) is 0 Å². The third-order valence-corrected chi connectivity index (χ3v) is 2.56. The van der Waals surface area contributed by atoms with Crippen molar-refractivity contribution < 1.29 is 9.47 Å². The molecule has 0 aliphatic heterocycles. The first-order valence-electron chi connectivity index (χ1n) is 6.01. The average molecular weight is 266 g/mol. The lowest BCUT2D eigenvalue weighted by atomic mass is 10.3. The molecule has 2 aromatic rings. The summed E-state index contributed by atoms with van der Waals surface area (Å²) in [6.45, 7) is 0. The summed E-state index contributed by atoms with van der Waals surface area (Å²) in [5, 5.41) is 0. The fourth-order valence-electron chi connectivity index (χ4n) is 1.49. The quantitative estimate of drug-likeness (QED) is 0.794. The zero-order chi connectivity index (χ0) is 14.2. The van der Waals surface area contributed by atoms with Gasteiger partial charge in [0.25, 0.3) is 0 Å². The number of hydrogen-bond donors (Lipinski definition) is 0. The predicted molar refractivity (Wildman–Crippen MR) is 80.2 cm³/mol. The third kappa shape index (κ3) is 3.85. The maximum Gasteiger partial charge on any atom is 0.119 e. The maximum atomic E-state index is 5.07. The Labute approximate surface area is 117 Å². The van der Waals surface area contributed by atoms with Gasteiger partial charge in [-0.15, -0.1) is 0 Å². The number of ether oxygens (including phenoxy) is 2. The SMILES string of the molecule is COc1ccc(N=C=C=Nc2ccc(OC)cc2)cc1. The fraction of sp³-hybridized carbons (Fsp3) is 0.125. The van der Waals surface area contributed by atoms with Crippen LogP contribution in [0.4, 0.5) is 11.4 Å². The predicted octanol–water partition coefficient (Wildman–Crippen LogP) is 3.56. The second kappa shape index (κ2) is 6.95. The Morgan fingerprint density at radius 2 is 1.00 bits per heavy atom. The highest BCUT2D eigenvalue weighted by Gasteiger charge is 1.90. The van der Waals surface area contributed by atoms with Crippen molar-refractivity contribution in [2.75, 3.05) is 14.2 Å². The largest absolute Gasteiger partial charge is 0.497 e. The second-order valence-corrected chi connectivity index (χ2v) is 3.84. The summed E-state index contributed by atoms with van der Waals surface area (Å²) in [4.78, 5) is 8.19. The lowest BCUT2D eigenvalue weighted by Gasteiger charge is -1.97. The smallest absolute Gasteiger partial charge is 0.119 e. The molecule has 20 heavy (non-hydrogen) atoms. The molecule has 0 bridgehead atoms. The molecular weight excluding hydrogens is 252 g/mol. The van der Waals surface area contributed by atoms with Crippen molar-refractivity contribution in [1.82, 2.24) is 0 Å². The highest BCUT2D eigenvalue weighted by molar-refractivity contribution is 5.91. The van der Waals surface area contributed by atoms with Gasteiger partial charge in [-0.25, -0.2) is 0 Å². The molecule has 0 saturated carbocycles. The number of nitrogens with zero attached hydrogens (tertiary/aromatic N) is 2. The van der Waals surface area contributed by atoms with Gasteiger partial charge in [-0.1, -0.05) is 0 Å². The van der Waals surface area contributed by atoms with E-state index >= 15 is 0 Å². The number of hydrogen-bond acceptors (Lipinski definition) is 4. The van der Waals surface area contributed by atoms with Gasteiger partial charge in [0.1, 0.15) is 11.5 Å². The Balaban J connectivity index is 2.09. The molecule has 0 radical (unpaired) electrons. The van der Waals surface area contributed by atoms with E-state index in [9.17, 15) is 0 Å². The van der Waals surface area contributed by atoms with E-state index in [1.807, 2.05) is 48.5 Å². The van der Waals surface area contributed by atoms with Crippen LogP contribution in [0.25, 0.3) is 0 Å². The second-order valence-electron chi connectivity index (χ2n) is 3.84. The molecule has 2 rings (SSSR count). The monoisotopic (exact) mass is 266 g/mol. The van der Waals surface area contributed by atoms with Gasteiger partial charge in [0.2, 0.25) is 0 Å². The van der Waals surface area contributed by atoms with Gasteiger partial charge in [0, 0.05) is 0 Å². The normalized spacial score (nSPS) is 9.10. The molecule has 0 atom stereocenters. The van der Waals surface area contributed by atoms with Crippen molar-refractivity contribution in [3.8, 4) is 11.5 Å². The Hall–Kier alpha value is -2.80. The number of methoxy groups -OCH3 is 2. The van der Waals surface area contributed by atoms with Crippen LogP contribution < -0.4 is 9.47 Å². The van der Waals surface area contributed by atoms with E-state index in [1.165, 1.54) is 0 Å². The van der Waals surface area contributed by atoms with E-state index in [-0.39, 0.29) is 0 Å². The summed E-state index contributed by atoms with van der Waals surface area (Å²) in [6, 6.07) is 14.7. The lowest BCUT2D eigenvalue weighted by Crippen LogP contribution is -1.79. The third-order valence-electron chi connectivity index (χ3n) is 2.56. The van der Waals surface area contributed by atoms with Crippen molar-refractivity contribution in [3.63, 3.8) is 0 Å². The zero-order valence-corrected chi connectivity index (χ0v) is 11.3. The van der Waals surface area contributed by atoms with Crippen LogP contribution in [0.1, 0.15) is 0 Å². The van der Waals surface area contributed by atoms with Gasteiger partial charge in [-0.05, 0) is 48.5 Å². The summed E-state index contributed by atoms with van der Waals surface area (Å²) in [7, 11) is 3.25. The molecule has 0 aromatic heterocycles. The highest BCUT2D eigenvalue weighted by Crippen LogP contribution is 2.17. The van der Waals surface area contributed by atoms with E-state index in [0.717, 1.165) is 22.9 Å². The first-order chi connectivity index (χ1) is 9.81. The van der Waals surface area contributed by atoms with Crippen molar-refractivity contribution in [2.45, 2.75) is 0 Å². The Kier molecular flexibility index (Phi) is 4.74. The summed E-state index contributed by atoms with van der Waals surface area (Å²) in [5.41, 5.74) is 1.53. The minimum atomic E-state index is 0.767. The van der Waals surface area contributed by atoms with Gasteiger partial charge < -0.3 is 9.47 Å². The number of rotatable bonds is 4. The molecule has 0 fully saturated rings. The van der Waals surface area contributed by atoms with Gasteiger partial charge in [0.15, 0.2) is 0 Å². The lowest BCUT2D eigenvalue weighted by molar-refractivity contribution is 0.415. The van der Waals surface area contributed by atoms with Gasteiger partial charge in [0.05, 0.1) is 37.3 Å². The number of benzene rings is 2. The Morgan fingerprint density at radius 1 is 0.650 bits per heavy atom. The molecule has 100 valence electrons. The molecule has 4 nitrogen and oxygen atoms in total. The average Bonchev–Trinajstić information content (AvgIpc) is 2.53. The summed E-state index contributed by atoms with van der Waals surface area (Å²) >= 11 is 0. The molecule has 2 aromatic carbocycles. The van der Waals surface area contributed by atoms with Crippen molar-refractivity contribution in [1.29, 1.82) is 0 Å². The molecule has 0 saturated heterocycles. The van der Waals surface area contributed by atoms with Crippen LogP contribution in [0.2, 0.25) is 0 Å². The first-order valence-corrected chi connectivity index (χ1v) is 6.01. The van der Waals surface area contributed by atoms with Crippen molar-refractivity contribution in [3.05, 3.63) is 48.5 Å². The van der Waals surface area contributed by atoms with Crippen LogP contribution in [0.15, 0.2) is 58.5 Å². The van der Waals surface area contributed by atoms with Crippen LogP contribution in [-0.4, -0.2) is 26.0 Å². The molecular formula is C16H14N2O2. The highest BCUT2D eigenvalue weighted by atomic mass is 16.5. The van der Waals surface area contributed by atoms with Gasteiger partial charge >= 0.3 is 0 Å². The van der Waals surface area contributed by atoms with E-state index in [2.05, 4.69) is 21.7 Å². The molecule has 4 heteroatoms. The van der Waals surface area contributed by atoms with Crippen LogP contribution in [0.3, 0.4) is 0 Å². The molecule has 0 amide bonds.